The summed E-state index contributed by atoms with van der Waals surface area (Å²) in [6, 6.07) is 0. The highest BCUT2D eigenvalue weighted by Gasteiger charge is 2.44. The summed E-state index contributed by atoms with van der Waals surface area (Å²) >= 11 is 0. The molecule has 0 aromatic carbocycles. The number of esters is 2. The monoisotopic (exact) mass is 469 g/mol. The Morgan fingerprint density at radius 3 is 2.15 bits per heavy atom. The molecule has 2 unspecified atom stereocenters. The van der Waals surface area contributed by atoms with Gasteiger partial charge in [0.15, 0.2) is 0 Å². The van der Waals surface area contributed by atoms with Crippen LogP contribution in [0.25, 0.3) is 0 Å². The summed E-state index contributed by atoms with van der Waals surface area (Å²) in [5.74, 6) is -3.26. The molecule has 0 aliphatic carbocycles. The summed E-state index contributed by atoms with van der Waals surface area (Å²) in [7, 11) is 0. The molecule has 0 aromatic rings. The van der Waals surface area contributed by atoms with Crippen LogP contribution in [0.3, 0.4) is 0 Å². The van der Waals surface area contributed by atoms with Gasteiger partial charge in [0.05, 0.1) is 6.10 Å². The van der Waals surface area contributed by atoms with E-state index in [1.54, 1.807) is 0 Å². The van der Waals surface area contributed by atoms with Crippen molar-refractivity contribution in [3.05, 3.63) is 0 Å². The van der Waals surface area contributed by atoms with Gasteiger partial charge in [0.25, 0.3) is 11.8 Å². The quantitative estimate of drug-likeness (QED) is 0.339. The fraction of sp³-hybridized carbons (Fsp3) is 0.727. The molecule has 11 heteroatoms. The summed E-state index contributed by atoms with van der Waals surface area (Å²) in [5.41, 5.74) is 0. The van der Waals surface area contributed by atoms with Crippen LogP contribution in [-0.4, -0.2) is 65.5 Å². The molecule has 2 aliphatic rings. The van der Waals surface area contributed by atoms with Crippen molar-refractivity contribution in [1.82, 2.24) is 5.06 Å². The molecule has 2 heterocycles. The van der Waals surface area contributed by atoms with Crippen molar-refractivity contribution in [2.24, 2.45) is 11.8 Å². The van der Waals surface area contributed by atoms with E-state index in [-0.39, 0.29) is 62.8 Å². The maximum Gasteiger partial charge on any atom is 0.333 e. The number of rotatable bonds is 10. The summed E-state index contributed by atoms with van der Waals surface area (Å²) in [6.45, 7) is 6.22. The fourth-order valence-electron chi connectivity index (χ4n) is 3.91. The molecule has 0 N–H and O–H groups in total. The molecule has 2 amide bonds. The minimum atomic E-state index is -0.757. The summed E-state index contributed by atoms with van der Waals surface area (Å²) < 4.78 is 16.4. The highest BCUT2D eigenvalue weighted by Crippen LogP contribution is 2.35. The molecule has 11 nitrogen and oxygen atoms in total. The van der Waals surface area contributed by atoms with Gasteiger partial charge < -0.3 is 19.0 Å². The lowest BCUT2D eigenvalue weighted by Gasteiger charge is -2.43. The Bertz CT molecular complexity index is 778. The van der Waals surface area contributed by atoms with Gasteiger partial charge in [0, 0.05) is 51.9 Å². The lowest BCUT2D eigenvalue weighted by Crippen LogP contribution is -2.53. The average Bonchev–Trinajstić information content (AvgIpc) is 3.04. The number of imide groups is 1. The Kier molecular flexibility index (Phi) is 9.51. The lowest BCUT2D eigenvalue weighted by atomic mass is 9.79. The third-order valence-corrected chi connectivity index (χ3v) is 5.87. The number of amides is 2. The van der Waals surface area contributed by atoms with Crippen molar-refractivity contribution < 1.29 is 47.8 Å². The normalized spacial score (nSPS) is 27.3. The molecular weight excluding hydrogens is 438 g/mol. The average molecular weight is 469 g/mol. The molecule has 184 valence electrons. The van der Waals surface area contributed by atoms with Crippen molar-refractivity contribution in [3.8, 4) is 0 Å². The number of carbonyl (C=O) groups is 6. The Morgan fingerprint density at radius 1 is 0.939 bits per heavy atom. The third-order valence-electron chi connectivity index (χ3n) is 5.87. The van der Waals surface area contributed by atoms with Crippen molar-refractivity contribution >= 4 is 35.5 Å². The molecular formula is C22H31NO10. The Hall–Kier alpha value is -2.82. The van der Waals surface area contributed by atoms with E-state index in [1.807, 2.05) is 13.8 Å². The van der Waals surface area contributed by atoms with Crippen LogP contribution in [-0.2, 0) is 47.8 Å². The van der Waals surface area contributed by atoms with Crippen LogP contribution >= 0.6 is 0 Å². The predicted molar refractivity (Wildman–Crippen MR) is 110 cm³/mol. The first-order valence-corrected chi connectivity index (χ1v) is 11.0. The first-order valence-electron chi connectivity index (χ1n) is 11.0. The van der Waals surface area contributed by atoms with Crippen LogP contribution in [0, 0.1) is 11.8 Å². The lowest BCUT2D eigenvalue weighted by molar-refractivity contribution is -0.206. The van der Waals surface area contributed by atoms with Gasteiger partial charge in [-0.15, -0.1) is 5.06 Å². The second-order valence-corrected chi connectivity index (χ2v) is 8.45. The van der Waals surface area contributed by atoms with Gasteiger partial charge in [-0.1, -0.05) is 13.8 Å². The molecule has 0 aromatic heterocycles. The van der Waals surface area contributed by atoms with Crippen LogP contribution in [0.1, 0.15) is 66.2 Å². The van der Waals surface area contributed by atoms with Gasteiger partial charge in [-0.25, -0.2) is 4.79 Å². The molecule has 0 saturated carbocycles. The van der Waals surface area contributed by atoms with E-state index in [4.69, 9.17) is 19.0 Å². The Balaban J connectivity index is 1.85. The van der Waals surface area contributed by atoms with Crippen molar-refractivity contribution in [3.63, 3.8) is 0 Å². The maximum absolute atomic E-state index is 12.5. The van der Waals surface area contributed by atoms with E-state index in [2.05, 4.69) is 0 Å². The first kappa shape index (κ1) is 26.4. The molecule has 0 bridgehead atoms. The number of hydrogen-bond donors (Lipinski definition) is 0. The minimum absolute atomic E-state index is 0.0133. The summed E-state index contributed by atoms with van der Waals surface area (Å²) in [5, 5.41) is 0.478. The van der Waals surface area contributed by atoms with Gasteiger partial charge in [0.2, 0.25) is 0 Å². The zero-order chi connectivity index (χ0) is 24.7. The number of nitrogens with zero attached hydrogens (tertiary/aromatic N) is 1. The minimum Gasteiger partial charge on any atom is -0.463 e. The topological polar surface area (TPSA) is 143 Å². The van der Waals surface area contributed by atoms with E-state index < -0.39 is 48.0 Å². The SMILES string of the molecule is CC(=O)OCC1O[C@H](CC(=O)CCCC(=O)ON2C(=O)CCC2=O)C(C)[C@@H](C)[C@H]1OC(C)=O. The first-order chi connectivity index (χ1) is 15.5. The predicted octanol–water partition coefficient (Wildman–Crippen LogP) is 1.26. The molecule has 2 aliphatic heterocycles. The zero-order valence-corrected chi connectivity index (χ0v) is 19.4. The molecule has 33 heavy (non-hydrogen) atoms. The van der Waals surface area contributed by atoms with Crippen LogP contribution in [0.2, 0.25) is 0 Å². The van der Waals surface area contributed by atoms with Crippen LogP contribution in [0.4, 0.5) is 0 Å². The number of carbonyl (C=O) groups excluding carboxylic acids is 6. The van der Waals surface area contributed by atoms with Crippen LogP contribution < -0.4 is 0 Å². The molecule has 0 spiro atoms. The number of hydrogen-bond acceptors (Lipinski definition) is 10. The molecule has 2 saturated heterocycles. The second-order valence-electron chi connectivity index (χ2n) is 8.45. The Morgan fingerprint density at radius 2 is 1.58 bits per heavy atom. The highest BCUT2D eigenvalue weighted by atomic mass is 16.7. The maximum atomic E-state index is 12.5. The van der Waals surface area contributed by atoms with Crippen LogP contribution in [0.5, 0.6) is 0 Å². The largest absolute Gasteiger partial charge is 0.463 e. The third kappa shape index (κ3) is 7.62. The molecule has 0 radical (unpaired) electrons. The van der Waals surface area contributed by atoms with E-state index >= 15 is 0 Å². The Labute approximate surface area is 192 Å². The van der Waals surface area contributed by atoms with Crippen molar-refractivity contribution in [1.29, 1.82) is 0 Å². The van der Waals surface area contributed by atoms with Gasteiger partial charge in [-0.2, -0.15) is 0 Å². The number of hydroxylamine groups is 2. The van der Waals surface area contributed by atoms with Gasteiger partial charge in [-0.3, -0.25) is 24.0 Å². The second kappa shape index (κ2) is 11.9. The smallest absolute Gasteiger partial charge is 0.333 e. The molecule has 5 atom stereocenters. The molecule has 2 fully saturated rings. The van der Waals surface area contributed by atoms with E-state index in [1.165, 1.54) is 13.8 Å². The van der Waals surface area contributed by atoms with Crippen LogP contribution in [0.15, 0.2) is 0 Å². The van der Waals surface area contributed by atoms with Crippen molar-refractivity contribution in [2.75, 3.05) is 6.61 Å². The number of Topliss-reactive ketones (excluding diaryl/α,β-unsaturated/α-hetero) is 1. The zero-order valence-electron chi connectivity index (χ0n) is 19.4. The standard InChI is InChI=1S/C22H31NO10/c1-12-13(2)22(31-15(4)25)18(11-30-14(3)24)32-17(12)10-16(26)6-5-7-21(29)33-23-19(27)8-9-20(23)28/h12-13,17-18,22H,5-11H2,1-4H3/t12?,13-,17-,18?,22-/m1/s1. The van der Waals surface area contributed by atoms with Gasteiger partial charge >= 0.3 is 17.9 Å². The van der Waals surface area contributed by atoms with Gasteiger partial charge in [-0.05, 0) is 12.3 Å². The van der Waals surface area contributed by atoms with E-state index in [9.17, 15) is 28.8 Å². The van der Waals surface area contributed by atoms with E-state index in [0.717, 1.165) is 0 Å². The molecule has 2 rings (SSSR count). The highest BCUT2D eigenvalue weighted by molar-refractivity contribution is 6.01. The summed E-state index contributed by atoms with van der Waals surface area (Å²) in [4.78, 5) is 74.8. The summed E-state index contributed by atoms with van der Waals surface area (Å²) in [6.07, 6.45) is -1.54. The fourth-order valence-corrected chi connectivity index (χ4v) is 3.91. The number of ether oxygens (including phenoxy) is 3. The van der Waals surface area contributed by atoms with Crippen molar-refractivity contribution in [2.45, 2.75) is 84.5 Å². The van der Waals surface area contributed by atoms with Gasteiger partial charge in [0.1, 0.15) is 24.6 Å². The van der Waals surface area contributed by atoms with E-state index in [0.29, 0.717) is 5.06 Å². The number of ketones is 1.